The molecule has 0 radical (unpaired) electrons. The molecular formula is C19H19FN2O4S. The fourth-order valence-electron chi connectivity index (χ4n) is 2.01. The molecule has 0 saturated carbocycles. The fourth-order valence-corrected chi connectivity index (χ4v) is 2.59. The molecule has 2 rings (SSSR count). The summed E-state index contributed by atoms with van der Waals surface area (Å²) in [5, 5.41) is 10.8. The fraction of sp³-hybridized carbons (Fsp3) is 0.158. The van der Waals surface area contributed by atoms with Crippen LogP contribution in [-0.4, -0.2) is 29.1 Å². The zero-order chi connectivity index (χ0) is 19.8. The zero-order valence-corrected chi connectivity index (χ0v) is 15.6. The van der Waals surface area contributed by atoms with Crippen LogP contribution in [0.2, 0.25) is 0 Å². The number of nitrogens with one attached hydrogen (secondary N) is 1. The van der Waals surface area contributed by atoms with Crippen molar-refractivity contribution in [1.29, 1.82) is 0 Å². The molecule has 0 spiro atoms. The van der Waals surface area contributed by atoms with Gasteiger partial charge in [0.1, 0.15) is 5.82 Å². The van der Waals surface area contributed by atoms with Crippen LogP contribution < -0.4 is 4.72 Å². The Labute approximate surface area is 160 Å². The predicted octanol–water partition coefficient (Wildman–Crippen LogP) is 3.29. The van der Waals surface area contributed by atoms with Crippen LogP contribution in [0.3, 0.4) is 0 Å². The van der Waals surface area contributed by atoms with Gasteiger partial charge in [0.2, 0.25) is 0 Å². The molecule has 8 heteroatoms. The van der Waals surface area contributed by atoms with E-state index >= 15 is 0 Å². The number of hydrogen-bond acceptors (Lipinski definition) is 5. The molecule has 2 amide bonds. The lowest BCUT2D eigenvalue weighted by Crippen LogP contribution is -2.29. The van der Waals surface area contributed by atoms with E-state index in [0.717, 1.165) is 33.5 Å². The number of hydrogen-bond donors (Lipinski definition) is 2. The smallest absolute Gasteiger partial charge is 0.296 e. The van der Waals surface area contributed by atoms with Gasteiger partial charge in [-0.25, -0.2) is 9.45 Å². The van der Waals surface area contributed by atoms with Gasteiger partial charge in [0.25, 0.3) is 11.8 Å². The minimum Gasteiger partial charge on any atom is -0.503 e. The highest BCUT2D eigenvalue weighted by molar-refractivity contribution is 7.98. The molecule has 0 atom stereocenters. The maximum atomic E-state index is 12.9. The molecule has 2 N–H and O–H groups in total. The van der Waals surface area contributed by atoms with Gasteiger partial charge in [-0.05, 0) is 48.7 Å². The maximum Gasteiger partial charge on any atom is 0.296 e. The average molecular weight is 390 g/mol. The van der Waals surface area contributed by atoms with E-state index in [2.05, 4.69) is 4.72 Å². The number of aliphatic hydroxyl groups excluding tert-OH is 1. The quantitative estimate of drug-likeness (QED) is 0.328. The van der Waals surface area contributed by atoms with Gasteiger partial charge in [-0.3, -0.25) is 19.1 Å². The highest BCUT2D eigenvalue weighted by Gasteiger charge is 2.16. The van der Waals surface area contributed by atoms with Crippen LogP contribution in [0.1, 0.15) is 11.1 Å². The van der Waals surface area contributed by atoms with E-state index in [1.165, 1.54) is 31.4 Å². The van der Waals surface area contributed by atoms with Crippen LogP contribution in [-0.2, 0) is 21.0 Å². The highest BCUT2D eigenvalue weighted by Crippen LogP contribution is 2.15. The number of carbonyl (C=O) groups is 2. The molecule has 0 aliphatic heterocycles. The van der Waals surface area contributed by atoms with Gasteiger partial charge in [-0.15, -0.1) is 0 Å². The van der Waals surface area contributed by atoms with Gasteiger partial charge >= 0.3 is 0 Å². The second-order valence-corrected chi connectivity index (χ2v) is 6.44. The summed E-state index contributed by atoms with van der Waals surface area (Å²) in [6.45, 7) is 1.97. The first-order valence-electron chi connectivity index (χ1n) is 7.93. The normalized spacial score (nSPS) is 11.1. The van der Waals surface area contributed by atoms with E-state index in [-0.39, 0.29) is 6.54 Å². The van der Waals surface area contributed by atoms with E-state index in [4.69, 9.17) is 4.84 Å². The molecule has 0 unspecified atom stereocenters. The van der Waals surface area contributed by atoms with E-state index in [1.807, 2.05) is 31.2 Å². The number of hydroxylamine groups is 2. The second-order valence-electron chi connectivity index (χ2n) is 5.56. The van der Waals surface area contributed by atoms with Crippen LogP contribution in [0.5, 0.6) is 0 Å². The van der Waals surface area contributed by atoms with E-state index < -0.39 is 23.4 Å². The van der Waals surface area contributed by atoms with Crippen molar-refractivity contribution in [3.8, 4) is 0 Å². The van der Waals surface area contributed by atoms with Crippen LogP contribution in [0, 0.1) is 12.7 Å². The molecule has 0 aromatic heterocycles. The molecule has 0 aliphatic rings. The second kappa shape index (κ2) is 9.75. The highest BCUT2D eigenvalue weighted by atomic mass is 32.2. The lowest BCUT2D eigenvalue weighted by molar-refractivity contribution is -0.173. The van der Waals surface area contributed by atoms with Crippen LogP contribution in [0.15, 0.2) is 65.3 Å². The van der Waals surface area contributed by atoms with E-state index in [0.29, 0.717) is 5.56 Å². The number of amides is 2. The van der Waals surface area contributed by atoms with Crippen molar-refractivity contribution in [2.75, 3.05) is 7.11 Å². The summed E-state index contributed by atoms with van der Waals surface area (Å²) in [6, 6.07) is 12.9. The Morgan fingerprint density at radius 2 is 1.81 bits per heavy atom. The van der Waals surface area contributed by atoms with Crippen molar-refractivity contribution in [2.24, 2.45) is 0 Å². The molecular weight excluding hydrogens is 371 g/mol. The number of aliphatic hydroxyl groups is 1. The third-order valence-electron chi connectivity index (χ3n) is 3.48. The molecule has 0 bridgehead atoms. The Bertz CT molecular complexity index is 823. The van der Waals surface area contributed by atoms with Crippen molar-refractivity contribution in [2.45, 2.75) is 18.4 Å². The van der Waals surface area contributed by atoms with Gasteiger partial charge < -0.3 is 5.11 Å². The zero-order valence-electron chi connectivity index (χ0n) is 14.8. The van der Waals surface area contributed by atoms with Gasteiger partial charge in [-0.1, -0.05) is 29.8 Å². The summed E-state index contributed by atoms with van der Waals surface area (Å²) in [6.07, 6.45) is 0.762. The Balaban J connectivity index is 1.94. The van der Waals surface area contributed by atoms with Crippen molar-refractivity contribution in [3.63, 3.8) is 0 Å². The minimum atomic E-state index is -0.813. The van der Waals surface area contributed by atoms with E-state index in [1.54, 1.807) is 0 Å². The van der Waals surface area contributed by atoms with Gasteiger partial charge in [0.15, 0.2) is 5.76 Å². The van der Waals surface area contributed by atoms with Crippen molar-refractivity contribution in [3.05, 3.63) is 77.3 Å². The number of benzene rings is 2. The lowest BCUT2D eigenvalue weighted by atomic mass is 10.2. The molecule has 142 valence electrons. The number of rotatable bonds is 7. The topological polar surface area (TPSA) is 78.9 Å². The molecule has 0 fully saturated rings. The summed E-state index contributed by atoms with van der Waals surface area (Å²) in [4.78, 5) is 29.8. The molecule has 2 aromatic carbocycles. The molecule has 0 saturated heterocycles. The third kappa shape index (κ3) is 6.43. The lowest BCUT2D eigenvalue weighted by Gasteiger charge is -2.18. The summed E-state index contributed by atoms with van der Waals surface area (Å²) >= 11 is 1.02. The Morgan fingerprint density at radius 3 is 2.41 bits per heavy atom. The molecule has 6 nitrogen and oxygen atoms in total. The summed E-state index contributed by atoms with van der Waals surface area (Å²) < 4.78 is 15.4. The molecule has 27 heavy (non-hydrogen) atoms. The van der Waals surface area contributed by atoms with Gasteiger partial charge in [0.05, 0.1) is 19.7 Å². The van der Waals surface area contributed by atoms with Gasteiger partial charge in [0, 0.05) is 4.90 Å². The van der Waals surface area contributed by atoms with Crippen LogP contribution >= 0.6 is 11.9 Å². The average Bonchev–Trinajstić information content (AvgIpc) is 2.66. The SMILES string of the molecule is CON(Cc1ccc(F)cc1)C(=O)/C=C(\O)C(=O)NSc1ccc(C)cc1. The molecule has 0 aliphatic carbocycles. The standard InChI is InChI=1S/C19H19FN2O4S/c1-13-3-9-16(10-4-13)27-21-19(25)17(23)11-18(24)22(26-2)12-14-5-7-15(20)8-6-14/h3-11,23H,12H2,1-2H3,(H,21,25)/b17-11-. The summed E-state index contributed by atoms with van der Waals surface area (Å²) in [7, 11) is 1.28. The predicted molar refractivity (Wildman–Crippen MR) is 99.8 cm³/mol. The Morgan fingerprint density at radius 1 is 1.19 bits per heavy atom. The number of aryl methyl sites for hydroxylation is 1. The first kappa shape index (κ1) is 20.5. The molecule has 0 heterocycles. The van der Waals surface area contributed by atoms with Crippen molar-refractivity contribution < 1.29 is 23.9 Å². The number of halogens is 1. The van der Waals surface area contributed by atoms with E-state index in [9.17, 15) is 19.1 Å². The van der Waals surface area contributed by atoms with Crippen molar-refractivity contribution >= 4 is 23.8 Å². The first-order valence-corrected chi connectivity index (χ1v) is 8.75. The number of nitrogens with zero attached hydrogens (tertiary/aromatic N) is 1. The molecule has 2 aromatic rings. The maximum absolute atomic E-state index is 12.9. The number of carbonyl (C=O) groups excluding carboxylic acids is 2. The Hall–Kier alpha value is -2.84. The third-order valence-corrected chi connectivity index (χ3v) is 4.28. The minimum absolute atomic E-state index is 0.0269. The van der Waals surface area contributed by atoms with Crippen LogP contribution in [0.25, 0.3) is 0 Å². The monoisotopic (exact) mass is 390 g/mol. The van der Waals surface area contributed by atoms with Crippen molar-refractivity contribution in [1.82, 2.24) is 9.79 Å². The summed E-state index contributed by atoms with van der Waals surface area (Å²) in [5.41, 5.74) is 1.71. The first-order chi connectivity index (χ1) is 12.9. The van der Waals surface area contributed by atoms with Gasteiger partial charge in [-0.2, -0.15) is 0 Å². The van der Waals surface area contributed by atoms with Crippen LogP contribution in [0.4, 0.5) is 4.39 Å². The summed E-state index contributed by atoms with van der Waals surface area (Å²) in [5.74, 6) is -2.68. The Kier molecular flexibility index (Phi) is 7.39. The largest absolute Gasteiger partial charge is 0.503 e.